The quantitative estimate of drug-likeness (QED) is 0.429. The van der Waals surface area contributed by atoms with E-state index in [9.17, 15) is 0 Å². The van der Waals surface area contributed by atoms with Crippen LogP contribution in [0.2, 0.25) is 0 Å². The Labute approximate surface area is 42.7 Å². The molecule has 0 atom stereocenters. The van der Waals surface area contributed by atoms with Gasteiger partial charge in [-0.15, -0.1) is 0 Å². The number of halogens is 1. The lowest BCUT2D eigenvalue weighted by molar-refractivity contribution is 1.11. The standard InChI is InChI=1S/4CH4.FH/h4*1H4;1H/i4*1D;/hT. The summed E-state index contributed by atoms with van der Waals surface area (Å²) >= 11 is 0. The van der Waals surface area contributed by atoms with Crippen molar-refractivity contribution in [2.24, 2.45) is 0 Å². The fourth-order valence-electron chi connectivity index (χ4n) is 0. The molecule has 1 heteroatoms. The van der Waals surface area contributed by atoms with E-state index < -0.39 is 0 Å². The topological polar surface area (TPSA) is 0 Å². The normalized spacial score (nSPS) is 7.00. The van der Waals surface area contributed by atoms with Crippen LogP contribution in [0.4, 0.5) is 4.72 Å². The van der Waals surface area contributed by atoms with Gasteiger partial charge in [-0.1, -0.05) is 29.6 Å². The molecule has 0 heterocycles. The third kappa shape index (κ3) is 2990. The predicted molar refractivity (Wildman–Crippen MR) is 29.4 cm³/mol. The second kappa shape index (κ2) is 6890. The Balaban J connectivity index is -0.0000000104. The molecule has 0 unspecified atom stereocenters. The van der Waals surface area contributed by atoms with E-state index in [1.807, 2.05) is 0 Å². The zero-order chi connectivity index (χ0) is 10.0. The van der Waals surface area contributed by atoms with Gasteiger partial charge in [0, 0.05) is 5.48 Å². The van der Waals surface area contributed by atoms with E-state index >= 15 is 0 Å². The maximum atomic E-state index is 8.75. The van der Waals surface area contributed by atoms with Crippen LogP contribution < -0.4 is 0 Å². The molecule has 0 aliphatic rings. The van der Waals surface area contributed by atoms with Gasteiger partial charge in [-0.2, -0.15) is 0 Å². The molecule has 0 radical (unpaired) electrons. The van der Waals surface area contributed by atoms with Crippen molar-refractivity contribution in [3.63, 3.8) is 0 Å². The van der Waals surface area contributed by atoms with Crippen LogP contribution in [0.5, 0.6) is 0 Å². The van der Waals surface area contributed by atoms with Crippen molar-refractivity contribution in [2.45, 2.75) is 29.6 Å². The summed E-state index contributed by atoms with van der Waals surface area (Å²) in [5.74, 6) is 0. The summed E-state index contributed by atoms with van der Waals surface area (Å²) in [7, 11) is 5.00. The Kier molecular flexibility index (Phi) is 4310. The lowest BCUT2D eigenvalue weighted by atomic mass is 12.0. The highest BCUT2D eigenvalue weighted by Gasteiger charge is -0.0745. The Morgan fingerprint density at radius 3 is 1.20 bits per heavy atom. The first-order valence-corrected chi connectivity index (χ1v) is 0. The van der Waals surface area contributed by atoms with Crippen LogP contribution in [0.3, 0.4) is 0 Å². The molecule has 0 rings (SSSR count). The minimum Gasteiger partial charge on any atom is -0.269 e. The third-order valence-corrected chi connectivity index (χ3v) is 0. The third-order valence-electron chi connectivity index (χ3n) is 0. The van der Waals surface area contributed by atoms with Crippen molar-refractivity contribution in [3.8, 4) is 0 Å². The van der Waals surface area contributed by atoms with Gasteiger partial charge >= 0.3 is 0 Å². The predicted octanol–water partition coefficient (Wildman–Crippen LogP) is 2.70. The molecule has 0 aromatic rings. The Bertz CT molecular complexity index is 13.6. The molecule has 0 amide bonds. The summed E-state index contributed by atoms with van der Waals surface area (Å²) in [6.45, 7) is 0. The lowest BCUT2D eigenvalue weighted by Gasteiger charge is -0.269. The van der Waals surface area contributed by atoms with Crippen molar-refractivity contribution < 1.29 is 10.2 Å². The first kappa shape index (κ1) is 3.13. The maximum absolute atomic E-state index is 8.75. The summed E-state index contributed by atoms with van der Waals surface area (Å²) in [6.07, 6.45) is 0. The molecule has 0 fully saturated rings. The van der Waals surface area contributed by atoms with Crippen molar-refractivity contribution in [1.29, 1.82) is 1.45 Å². The highest BCUT2D eigenvalue weighted by molar-refractivity contribution is 2.51. The maximum Gasteiger partial charge on any atom is 0.269 e. The number of rotatable bonds is 0. The molecule has 0 nitrogen and oxygen atoms in total. The van der Waals surface area contributed by atoms with Gasteiger partial charge in [-0.25, -0.2) is 0 Å². The summed E-state index contributed by atoms with van der Waals surface area (Å²) in [6, 6.07) is 0. The molecule has 5 heavy (non-hydrogen) atoms. The molecular weight excluding hydrogens is 67.0 g/mol. The molecule has 0 aliphatic carbocycles. The van der Waals surface area contributed by atoms with E-state index in [4.69, 9.17) is 10.2 Å². The van der Waals surface area contributed by atoms with Gasteiger partial charge in [0.05, 0.1) is 0 Å². The van der Waals surface area contributed by atoms with Crippen molar-refractivity contribution in [2.75, 3.05) is 0 Å². The minimum atomic E-state index is 1.25. The summed E-state index contributed by atoms with van der Waals surface area (Å²) < 4.78 is 36.0. The number of hydrogen-bond acceptors (Lipinski definition) is 0. The zero-order valence-electron chi connectivity index (χ0n) is 9.38. The van der Waals surface area contributed by atoms with E-state index in [1.165, 1.54) is 29.6 Å². The van der Waals surface area contributed by atoms with Crippen LogP contribution in [0.1, 0.15) is 35.1 Å². The average Bonchev–Trinajstić information content (AvgIpc) is 2.20. The van der Waals surface area contributed by atoms with E-state index in [2.05, 4.69) is 1.45 Å². The highest BCUT2D eigenvalue weighted by Crippen LogP contribution is 0.420. The van der Waals surface area contributed by atoms with Gasteiger partial charge in [0.1, 0.15) is 0 Å². The zero-order valence-corrected chi connectivity index (χ0v) is 4.38. The molecule has 0 saturated heterocycles. The van der Waals surface area contributed by atoms with Crippen molar-refractivity contribution in [1.82, 2.24) is 0 Å². The van der Waals surface area contributed by atoms with Gasteiger partial charge in [0.15, 0.2) is 0 Å². The van der Waals surface area contributed by atoms with Crippen LogP contribution >= 0.6 is 0 Å². The molecule has 0 aromatic heterocycles. The Morgan fingerprint density at radius 2 is 1.20 bits per heavy atom. The van der Waals surface area contributed by atoms with E-state index in [1.54, 1.807) is 0 Å². The number of hydrogen-bond donors (Lipinski definition) is 0. The average molecular weight is 90.2 g/mol. The van der Waals surface area contributed by atoms with Gasteiger partial charge < -0.3 is 0 Å². The molecule has 0 aliphatic heterocycles. The minimum absolute atomic E-state index is 1.25. The fourth-order valence-corrected chi connectivity index (χ4v) is 0. The Morgan fingerprint density at radius 1 is 1.20 bits per heavy atom. The van der Waals surface area contributed by atoms with E-state index in [-0.39, 0.29) is 0 Å². The van der Waals surface area contributed by atoms with Crippen LogP contribution in [-0.4, -0.2) is 1.45 Å². The molecule has 0 N–H and O–H groups in total. The molecule has 40 valence electrons. The van der Waals surface area contributed by atoms with Crippen molar-refractivity contribution in [3.05, 3.63) is 0 Å². The van der Waals surface area contributed by atoms with Gasteiger partial charge in [0.25, 0.3) is 1.45 Å². The second-order valence-corrected chi connectivity index (χ2v) is 0. The van der Waals surface area contributed by atoms with E-state index in [0.29, 0.717) is 0 Å². The second-order valence-electron chi connectivity index (χ2n) is 0. The van der Waals surface area contributed by atoms with Crippen LogP contribution in [0.15, 0.2) is 0 Å². The summed E-state index contributed by atoms with van der Waals surface area (Å²) in [5.41, 5.74) is 0. The van der Waals surface area contributed by atoms with Gasteiger partial charge in [0.2, 0.25) is 0 Å². The van der Waals surface area contributed by atoms with Crippen LogP contribution in [-0.2, 0) is 0 Å². The molecule has 0 aromatic carbocycles. The molecular formula is C4H17F. The smallest absolute Gasteiger partial charge is 0.269 e. The fraction of sp³-hybridized carbons (Fsp3) is 1.00. The van der Waals surface area contributed by atoms with Crippen LogP contribution in [0.25, 0.3) is 0 Å². The first-order chi connectivity index (χ1) is 5.00. The Hall–Kier alpha value is -0.0700. The summed E-state index contributed by atoms with van der Waals surface area (Å²) in [4.78, 5) is 0. The first-order valence-electron chi connectivity index (χ1n) is 4.38. The highest BCUT2D eigenvalue weighted by atomic mass is 19.0. The summed E-state index contributed by atoms with van der Waals surface area (Å²) in [5, 5.41) is 0. The molecule has 0 spiro atoms. The van der Waals surface area contributed by atoms with Crippen LogP contribution in [0, 0.1) is 0 Å². The SMILES string of the molecule is [2H]C.[2H]C.[2H]C.[2H]C.[3H]F. The monoisotopic (exact) mass is 90.2 g/mol. The molecule has 0 saturated carbocycles. The van der Waals surface area contributed by atoms with Gasteiger partial charge in [-0.3, -0.25) is 4.72 Å². The largest absolute Gasteiger partial charge is 0.269 e. The van der Waals surface area contributed by atoms with Crippen molar-refractivity contribution >= 4 is 0 Å². The van der Waals surface area contributed by atoms with E-state index in [0.717, 1.165) is 0 Å². The lowest BCUT2D eigenvalue weighted by Crippen LogP contribution is 0.143. The van der Waals surface area contributed by atoms with Gasteiger partial charge in [-0.05, 0) is 0 Å². The molecule has 0 bridgehead atoms.